The molecule has 6 heteroatoms. The van der Waals surface area contributed by atoms with E-state index in [4.69, 9.17) is 4.74 Å². The average Bonchev–Trinajstić information content (AvgIpc) is 3.11. The number of amides is 1. The van der Waals surface area contributed by atoms with Crippen LogP contribution >= 0.6 is 0 Å². The molecule has 29 heavy (non-hydrogen) atoms. The van der Waals surface area contributed by atoms with Crippen molar-refractivity contribution in [2.24, 2.45) is 5.92 Å². The van der Waals surface area contributed by atoms with Gasteiger partial charge in [0.2, 0.25) is 5.91 Å². The van der Waals surface area contributed by atoms with E-state index in [0.29, 0.717) is 25.1 Å². The number of nitrogens with zero attached hydrogens (tertiary/aromatic N) is 2. The van der Waals surface area contributed by atoms with Crippen molar-refractivity contribution in [3.8, 4) is 0 Å². The Morgan fingerprint density at radius 1 is 1.17 bits per heavy atom. The van der Waals surface area contributed by atoms with E-state index in [1.165, 1.54) is 13.2 Å². The van der Waals surface area contributed by atoms with Crippen molar-refractivity contribution >= 4 is 11.9 Å². The SMILES string of the molecule is COC(=O)[C@H]1C[C@H]2CN(Cc3cccc(F)c3C)CC(=O)N2[C@H]1c1ccccc1. The molecule has 2 fully saturated rings. The maximum Gasteiger partial charge on any atom is 0.311 e. The highest BCUT2D eigenvalue weighted by molar-refractivity contribution is 5.83. The molecule has 2 aliphatic rings. The number of hydrogen-bond acceptors (Lipinski definition) is 4. The van der Waals surface area contributed by atoms with Crippen molar-refractivity contribution in [3.05, 3.63) is 71.0 Å². The number of carbonyl (C=O) groups is 2. The zero-order chi connectivity index (χ0) is 20.5. The quantitative estimate of drug-likeness (QED) is 0.746. The lowest BCUT2D eigenvalue weighted by Gasteiger charge is -2.40. The summed E-state index contributed by atoms with van der Waals surface area (Å²) in [5.41, 5.74) is 2.45. The van der Waals surface area contributed by atoms with Crippen molar-refractivity contribution in [1.29, 1.82) is 0 Å². The van der Waals surface area contributed by atoms with Crippen LogP contribution in [0.1, 0.15) is 29.2 Å². The molecule has 0 aromatic heterocycles. The van der Waals surface area contributed by atoms with Crippen LogP contribution < -0.4 is 0 Å². The molecule has 3 atom stereocenters. The van der Waals surface area contributed by atoms with Crippen LogP contribution in [0, 0.1) is 18.7 Å². The van der Waals surface area contributed by atoms with Crippen LogP contribution in [0.15, 0.2) is 48.5 Å². The fraction of sp³-hybridized carbons (Fsp3) is 0.391. The second kappa shape index (κ2) is 7.95. The second-order valence-electron chi connectivity index (χ2n) is 7.87. The van der Waals surface area contributed by atoms with Crippen molar-refractivity contribution < 1.29 is 18.7 Å². The Kier molecular flexibility index (Phi) is 5.37. The van der Waals surface area contributed by atoms with Crippen molar-refractivity contribution in [1.82, 2.24) is 9.80 Å². The minimum absolute atomic E-state index is 0.00411. The van der Waals surface area contributed by atoms with E-state index < -0.39 is 0 Å². The highest BCUT2D eigenvalue weighted by Gasteiger charge is 2.50. The molecular weight excluding hydrogens is 371 g/mol. The highest BCUT2D eigenvalue weighted by Crippen LogP contribution is 2.43. The second-order valence-corrected chi connectivity index (χ2v) is 7.87. The van der Waals surface area contributed by atoms with Gasteiger partial charge in [-0.3, -0.25) is 14.5 Å². The largest absolute Gasteiger partial charge is 0.469 e. The zero-order valence-electron chi connectivity index (χ0n) is 16.7. The lowest BCUT2D eigenvalue weighted by Crippen LogP contribution is -2.54. The number of piperazine rings is 1. The number of benzene rings is 2. The average molecular weight is 396 g/mol. The molecule has 2 saturated heterocycles. The minimum Gasteiger partial charge on any atom is -0.469 e. The molecule has 152 valence electrons. The molecule has 5 nitrogen and oxygen atoms in total. The van der Waals surface area contributed by atoms with Crippen molar-refractivity contribution in [3.63, 3.8) is 0 Å². The summed E-state index contributed by atoms with van der Waals surface area (Å²) in [4.78, 5) is 29.5. The van der Waals surface area contributed by atoms with Crippen LogP contribution in [0.3, 0.4) is 0 Å². The number of carbonyl (C=O) groups excluding carboxylic acids is 2. The molecule has 0 saturated carbocycles. The first-order valence-corrected chi connectivity index (χ1v) is 9.90. The van der Waals surface area contributed by atoms with Gasteiger partial charge >= 0.3 is 5.97 Å². The molecule has 2 aliphatic heterocycles. The molecule has 1 amide bonds. The first-order valence-electron chi connectivity index (χ1n) is 9.90. The molecule has 0 N–H and O–H groups in total. The Hall–Kier alpha value is -2.73. The Balaban J connectivity index is 1.59. The summed E-state index contributed by atoms with van der Waals surface area (Å²) in [6.45, 7) is 3.18. The van der Waals surface area contributed by atoms with Crippen LogP contribution in [0.2, 0.25) is 0 Å². The standard InChI is InChI=1S/C23H25FN2O3/c1-15-17(9-6-10-20(15)24)12-25-13-18-11-19(23(28)29-2)22(26(18)21(27)14-25)16-7-4-3-5-8-16/h3-10,18-19,22H,11-14H2,1-2H3/t18-,19-,22-/m0/s1. The highest BCUT2D eigenvalue weighted by atomic mass is 19.1. The molecule has 2 heterocycles. The van der Waals surface area contributed by atoms with E-state index in [1.54, 1.807) is 13.0 Å². The van der Waals surface area contributed by atoms with Gasteiger partial charge in [-0.15, -0.1) is 0 Å². The fourth-order valence-electron chi connectivity index (χ4n) is 4.72. The molecule has 2 aromatic carbocycles. The summed E-state index contributed by atoms with van der Waals surface area (Å²) in [6.07, 6.45) is 0.566. The van der Waals surface area contributed by atoms with E-state index in [1.807, 2.05) is 46.2 Å². The van der Waals surface area contributed by atoms with Crippen LogP contribution in [-0.4, -0.2) is 47.9 Å². The summed E-state index contributed by atoms with van der Waals surface area (Å²) in [7, 11) is 1.39. The fourth-order valence-corrected chi connectivity index (χ4v) is 4.72. The lowest BCUT2D eigenvalue weighted by molar-refractivity contribution is -0.147. The maximum absolute atomic E-state index is 13.9. The first kappa shape index (κ1) is 19.6. The lowest BCUT2D eigenvalue weighted by atomic mass is 9.93. The molecule has 0 aliphatic carbocycles. The molecule has 0 unspecified atom stereocenters. The van der Waals surface area contributed by atoms with Gasteiger partial charge < -0.3 is 9.64 Å². The van der Waals surface area contributed by atoms with Crippen LogP contribution in [0.25, 0.3) is 0 Å². The van der Waals surface area contributed by atoms with Crippen molar-refractivity contribution in [2.75, 3.05) is 20.2 Å². The molecule has 2 aromatic rings. The van der Waals surface area contributed by atoms with Gasteiger partial charge in [0.25, 0.3) is 0 Å². The summed E-state index contributed by atoms with van der Waals surface area (Å²) in [6, 6.07) is 14.3. The summed E-state index contributed by atoms with van der Waals surface area (Å²) >= 11 is 0. The number of fused-ring (bicyclic) bond motifs is 1. The van der Waals surface area contributed by atoms with Gasteiger partial charge in [0.15, 0.2) is 0 Å². The predicted molar refractivity (Wildman–Crippen MR) is 106 cm³/mol. The Morgan fingerprint density at radius 2 is 1.93 bits per heavy atom. The number of methoxy groups -OCH3 is 1. The van der Waals surface area contributed by atoms with E-state index in [9.17, 15) is 14.0 Å². The van der Waals surface area contributed by atoms with Gasteiger partial charge in [-0.25, -0.2) is 4.39 Å². The Bertz CT molecular complexity index is 918. The summed E-state index contributed by atoms with van der Waals surface area (Å²) in [5.74, 6) is -0.903. The molecule has 0 bridgehead atoms. The zero-order valence-corrected chi connectivity index (χ0v) is 16.7. The van der Waals surface area contributed by atoms with Gasteiger partial charge in [0.1, 0.15) is 5.82 Å². The van der Waals surface area contributed by atoms with Crippen LogP contribution in [0.4, 0.5) is 4.39 Å². The van der Waals surface area contributed by atoms with Gasteiger partial charge in [-0.1, -0.05) is 42.5 Å². The van der Waals surface area contributed by atoms with Crippen molar-refractivity contribution in [2.45, 2.75) is 32.0 Å². The molecule has 0 radical (unpaired) electrons. The van der Waals surface area contributed by atoms with E-state index in [-0.39, 0.29) is 42.2 Å². The summed E-state index contributed by atoms with van der Waals surface area (Å²) < 4.78 is 18.9. The number of esters is 1. The normalized spacial score (nSPS) is 24.4. The number of halogens is 1. The minimum atomic E-state index is -0.382. The van der Waals surface area contributed by atoms with Gasteiger partial charge in [-0.05, 0) is 36.1 Å². The number of rotatable bonds is 4. The summed E-state index contributed by atoms with van der Waals surface area (Å²) in [5, 5.41) is 0. The third-order valence-corrected chi connectivity index (χ3v) is 6.13. The van der Waals surface area contributed by atoms with E-state index in [2.05, 4.69) is 0 Å². The maximum atomic E-state index is 13.9. The topological polar surface area (TPSA) is 49.9 Å². The molecule has 0 spiro atoms. The van der Waals surface area contributed by atoms with Gasteiger partial charge in [0.05, 0.1) is 25.6 Å². The number of ether oxygens (including phenoxy) is 1. The third kappa shape index (κ3) is 3.65. The number of hydrogen-bond donors (Lipinski definition) is 0. The van der Waals surface area contributed by atoms with Crippen LogP contribution in [0.5, 0.6) is 0 Å². The third-order valence-electron chi connectivity index (χ3n) is 6.13. The van der Waals surface area contributed by atoms with Gasteiger partial charge in [-0.2, -0.15) is 0 Å². The Morgan fingerprint density at radius 3 is 2.66 bits per heavy atom. The Labute approximate surface area is 170 Å². The smallest absolute Gasteiger partial charge is 0.311 e. The van der Waals surface area contributed by atoms with Crippen LogP contribution in [-0.2, 0) is 20.9 Å². The van der Waals surface area contributed by atoms with E-state index >= 15 is 0 Å². The van der Waals surface area contributed by atoms with Gasteiger partial charge in [0, 0.05) is 19.1 Å². The monoisotopic (exact) mass is 396 g/mol. The molecular formula is C23H25FN2O3. The van der Waals surface area contributed by atoms with E-state index in [0.717, 1.165) is 11.1 Å². The first-order chi connectivity index (χ1) is 14.0. The predicted octanol–water partition coefficient (Wildman–Crippen LogP) is 3.08. The molecule has 4 rings (SSSR count).